The van der Waals surface area contributed by atoms with Gasteiger partial charge in [-0.2, -0.15) is 0 Å². The summed E-state index contributed by atoms with van der Waals surface area (Å²) in [6.07, 6.45) is 2.84. The van der Waals surface area contributed by atoms with Gasteiger partial charge in [0.25, 0.3) is 0 Å². The quantitative estimate of drug-likeness (QED) is 0.909. The van der Waals surface area contributed by atoms with Gasteiger partial charge >= 0.3 is 0 Å². The van der Waals surface area contributed by atoms with Crippen LogP contribution in [0.1, 0.15) is 29.7 Å². The van der Waals surface area contributed by atoms with Gasteiger partial charge in [0.05, 0.1) is 19.3 Å². The van der Waals surface area contributed by atoms with Crippen LogP contribution in [0.5, 0.6) is 5.75 Å². The third-order valence-corrected chi connectivity index (χ3v) is 3.22. The van der Waals surface area contributed by atoms with E-state index in [4.69, 9.17) is 4.74 Å². The van der Waals surface area contributed by atoms with E-state index < -0.39 is 0 Å². The van der Waals surface area contributed by atoms with Crippen LogP contribution < -0.4 is 10.1 Å². The van der Waals surface area contributed by atoms with Gasteiger partial charge in [-0.15, -0.1) is 0 Å². The van der Waals surface area contributed by atoms with Crippen LogP contribution in [0.4, 0.5) is 4.39 Å². The molecule has 1 atom stereocenters. The molecule has 0 radical (unpaired) electrons. The summed E-state index contributed by atoms with van der Waals surface area (Å²) in [5.74, 6) is 0.430. The maximum absolute atomic E-state index is 14.0. The Bertz CT molecular complexity index is 586. The number of nitrogens with one attached hydrogen (secondary N) is 1. The smallest absolute Gasteiger partial charge is 0.146 e. The molecule has 0 saturated heterocycles. The molecule has 1 unspecified atom stereocenters. The van der Waals surface area contributed by atoms with Gasteiger partial charge in [-0.3, -0.25) is 4.98 Å². The normalized spacial score (nSPS) is 12.2. The van der Waals surface area contributed by atoms with Crippen molar-refractivity contribution >= 4 is 0 Å². The molecule has 3 nitrogen and oxygen atoms in total. The Morgan fingerprint density at radius 1 is 1.30 bits per heavy atom. The summed E-state index contributed by atoms with van der Waals surface area (Å²) in [4.78, 5) is 3.81. The van der Waals surface area contributed by atoms with Gasteiger partial charge in [-0.1, -0.05) is 24.6 Å². The molecule has 0 aliphatic heterocycles. The predicted molar refractivity (Wildman–Crippen MR) is 77.4 cm³/mol. The van der Waals surface area contributed by atoms with Crippen molar-refractivity contribution in [2.75, 3.05) is 13.7 Å². The summed E-state index contributed by atoms with van der Waals surface area (Å²) in [5, 5.41) is 3.31. The first kappa shape index (κ1) is 14.5. The number of pyridine rings is 1. The number of ether oxygens (including phenoxy) is 1. The van der Waals surface area contributed by atoms with E-state index in [0.29, 0.717) is 5.56 Å². The Labute approximate surface area is 118 Å². The Hall–Kier alpha value is -1.94. The summed E-state index contributed by atoms with van der Waals surface area (Å²) in [5.41, 5.74) is 2.61. The van der Waals surface area contributed by atoms with Gasteiger partial charge in [0, 0.05) is 17.3 Å². The van der Waals surface area contributed by atoms with Gasteiger partial charge in [-0.05, 0) is 25.6 Å². The first-order chi connectivity index (χ1) is 9.67. The van der Waals surface area contributed by atoms with Crippen LogP contribution in [0.3, 0.4) is 0 Å². The van der Waals surface area contributed by atoms with Crippen molar-refractivity contribution in [3.63, 3.8) is 0 Å². The largest absolute Gasteiger partial charge is 0.496 e. The molecule has 1 heterocycles. The maximum Gasteiger partial charge on any atom is 0.146 e. The molecule has 106 valence electrons. The van der Waals surface area contributed by atoms with Crippen LogP contribution in [0.15, 0.2) is 36.7 Å². The van der Waals surface area contributed by atoms with Crippen molar-refractivity contribution in [2.45, 2.75) is 19.9 Å². The van der Waals surface area contributed by atoms with Gasteiger partial charge in [0.15, 0.2) is 0 Å². The number of hydrogen-bond donors (Lipinski definition) is 1. The third-order valence-electron chi connectivity index (χ3n) is 3.22. The molecule has 0 spiro atoms. The Kier molecular flexibility index (Phi) is 4.69. The van der Waals surface area contributed by atoms with Crippen molar-refractivity contribution in [1.29, 1.82) is 0 Å². The molecular formula is C16H19FN2O. The van der Waals surface area contributed by atoms with E-state index in [2.05, 4.69) is 10.3 Å². The van der Waals surface area contributed by atoms with Crippen molar-refractivity contribution in [3.8, 4) is 5.75 Å². The summed E-state index contributed by atoms with van der Waals surface area (Å²) in [7, 11) is 1.63. The highest BCUT2D eigenvalue weighted by Gasteiger charge is 2.20. The summed E-state index contributed by atoms with van der Waals surface area (Å²) < 4.78 is 19.5. The van der Waals surface area contributed by atoms with E-state index in [1.165, 1.54) is 6.20 Å². The van der Waals surface area contributed by atoms with Crippen molar-refractivity contribution in [2.24, 2.45) is 0 Å². The van der Waals surface area contributed by atoms with Gasteiger partial charge in [0.2, 0.25) is 0 Å². The second kappa shape index (κ2) is 6.48. The lowest BCUT2D eigenvalue weighted by Gasteiger charge is -2.22. The lowest BCUT2D eigenvalue weighted by atomic mass is 9.96. The number of halogens is 1. The monoisotopic (exact) mass is 274 g/mol. The molecule has 2 rings (SSSR count). The van der Waals surface area contributed by atoms with Crippen LogP contribution in [0.25, 0.3) is 0 Å². The number of aromatic nitrogens is 1. The zero-order valence-electron chi connectivity index (χ0n) is 12.0. The first-order valence-electron chi connectivity index (χ1n) is 6.64. The fourth-order valence-corrected chi connectivity index (χ4v) is 2.29. The minimum atomic E-state index is -0.318. The van der Waals surface area contributed by atoms with E-state index in [1.54, 1.807) is 19.4 Å². The lowest BCUT2D eigenvalue weighted by molar-refractivity contribution is 0.403. The standard InChI is InChI=1S/C16H19FN2O/c1-4-19-16(12-7-8-18-10-14(12)17)13-9-11(2)5-6-15(13)20-3/h5-10,16,19H,4H2,1-3H3. The lowest BCUT2D eigenvalue weighted by Crippen LogP contribution is -2.23. The molecule has 0 aliphatic carbocycles. The highest BCUT2D eigenvalue weighted by atomic mass is 19.1. The Balaban J connectivity index is 2.54. The average Bonchev–Trinajstić information content (AvgIpc) is 2.46. The molecule has 20 heavy (non-hydrogen) atoms. The fourth-order valence-electron chi connectivity index (χ4n) is 2.29. The molecule has 0 saturated carbocycles. The SMILES string of the molecule is CCNC(c1ccncc1F)c1cc(C)ccc1OC. The number of methoxy groups -OCH3 is 1. The second-order valence-electron chi connectivity index (χ2n) is 4.63. The molecule has 0 fully saturated rings. The minimum Gasteiger partial charge on any atom is -0.496 e. The van der Waals surface area contributed by atoms with E-state index in [0.717, 1.165) is 23.4 Å². The van der Waals surface area contributed by atoms with Crippen molar-refractivity contribution in [1.82, 2.24) is 10.3 Å². The molecule has 0 amide bonds. The van der Waals surface area contributed by atoms with Crippen LogP contribution in [-0.2, 0) is 0 Å². The molecule has 1 N–H and O–H groups in total. The highest BCUT2D eigenvalue weighted by molar-refractivity contribution is 5.43. The zero-order chi connectivity index (χ0) is 14.5. The van der Waals surface area contributed by atoms with E-state index in [1.807, 2.05) is 32.0 Å². The van der Waals surface area contributed by atoms with Gasteiger partial charge in [-0.25, -0.2) is 4.39 Å². The highest BCUT2D eigenvalue weighted by Crippen LogP contribution is 2.31. The molecule has 0 aliphatic rings. The van der Waals surface area contributed by atoms with Crippen molar-refractivity contribution in [3.05, 3.63) is 59.2 Å². The Morgan fingerprint density at radius 2 is 2.10 bits per heavy atom. The van der Waals surface area contributed by atoms with Gasteiger partial charge < -0.3 is 10.1 Å². The fraction of sp³-hybridized carbons (Fsp3) is 0.312. The van der Waals surface area contributed by atoms with Crippen molar-refractivity contribution < 1.29 is 9.13 Å². The van der Waals surface area contributed by atoms with Crippen LogP contribution in [0, 0.1) is 12.7 Å². The molecule has 4 heteroatoms. The van der Waals surface area contributed by atoms with Gasteiger partial charge in [0.1, 0.15) is 11.6 Å². The number of hydrogen-bond acceptors (Lipinski definition) is 3. The molecule has 2 aromatic rings. The van der Waals surface area contributed by atoms with Crippen LogP contribution in [0.2, 0.25) is 0 Å². The number of rotatable bonds is 5. The predicted octanol–water partition coefficient (Wildman–Crippen LogP) is 3.24. The first-order valence-corrected chi connectivity index (χ1v) is 6.64. The molecule has 1 aromatic heterocycles. The second-order valence-corrected chi connectivity index (χ2v) is 4.63. The van der Waals surface area contributed by atoms with E-state index in [9.17, 15) is 4.39 Å². The van der Waals surface area contributed by atoms with Crippen LogP contribution >= 0.6 is 0 Å². The number of nitrogens with zero attached hydrogens (tertiary/aromatic N) is 1. The van der Waals surface area contributed by atoms with Crippen LogP contribution in [-0.4, -0.2) is 18.6 Å². The Morgan fingerprint density at radius 3 is 2.75 bits per heavy atom. The minimum absolute atomic E-state index is 0.252. The summed E-state index contributed by atoms with van der Waals surface area (Å²) in [6.45, 7) is 4.73. The maximum atomic E-state index is 14.0. The zero-order valence-corrected chi connectivity index (χ0v) is 12.0. The topological polar surface area (TPSA) is 34.2 Å². The average molecular weight is 274 g/mol. The summed E-state index contributed by atoms with van der Waals surface area (Å²) >= 11 is 0. The molecule has 0 bridgehead atoms. The molecular weight excluding hydrogens is 255 g/mol. The molecule has 1 aromatic carbocycles. The number of aryl methyl sites for hydroxylation is 1. The number of benzene rings is 1. The third kappa shape index (κ3) is 2.96. The van der Waals surface area contributed by atoms with E-state index >= 15 is 0 Å². The summed E-state index contributed by atoms with van der Waals surface area (Å²) in [6, 6.07) is 7.36. The van der Waals surface area contributed by atoms with E-state index in [-0.39, 0.29) is 11.9 Å².